The third-order valence-corrected chi connectivity index (χ3v) is 3.84. The van der Waals surface area contributed by atoms with Crippen LogP contribution in [0.5, 0.6) is 5.75 Å². The van der Waals surface area contributed by atoms with Crippen LogP contribution in [-0.4, -0.2) is 45.1 Å². The van der Waals surface area contributed by atoms with E-state index in [0.717, 1.165) is 7.05 Å². The molecular formula is C18H18F7N3O4. The minimum absolute atomic E-state index is 0.0106. The Labute approximate surface area is 176 Å². The van der Waals surface area contributed by atoms with Crippen LogP contribution in [0.15, 0.2) is 16.9 Å². The molecule has 178 valence electrons. The van der Waals surface area contributed by atoms with E-state index in [1.165, 1.54) is 20.8 Å². The number of esters is 1. The van der Waals surface area contributed by atoms with E-state index in [2.05, 4.69) is 5.10 Å². The second kappa shape index (κ2) is 8.82. The highest BCUT2D eigenvalue weighted by atomic mass is 19.4. The molecule has 2 aromatic rings. The summed E-state index contributed by atoms with van der Waals surface area (Å²) in [6.45, 7) is 2.64. The zero-order chi connectivity index (χ0) is 24.6. The van der Waals surface area contributed by atoms with E-state index in [0.29, 0.717) is 12.1 Å². The molecule has 1 aromatic carbocycles. The zero-order valence-electron chi connectivity index (χ0n) is 17.1. The molecule has 32 heavy (non-hydrogen) atoms. The Balaban J connectivity index is 2.71. The van der Waals surface area contributed by atoms with Gasteiger partial charge in [-0.2, -0.15) is 17.9 Å². The van der Waals surface area contributed by atoms with Gasteiger partial charge in [0.05, 0.1) is 0 Å². The van der Waals surface area contributed by atoms with E-state index >= 15 is 0 Å². The predicted octanol–water partition coefficient (Wildman–Crippen LogP) is 3.67. The summed E-state index contributed by atoms with van der Waals surface area (Å²) in [4.78, 5) is 24.6. The van der Waals surface area contributed by atoms with Gasteiger partial charge in [0.15, 0.2) is 6.10 Å². The number of ether oxygens (including phenoxy) is 2. The molecule has 0 radical (unpaired) electrons. The Hall–Kier alpha value is -3.06. The number of hydrogen-bond donors (Lipinski definition) is 0. The van der Waals surface area contributed by atoms with Gasteiger partial charge in [0.1, 0.15) is 35.1 Å². The van der Waals surface area contributed by atoms with Crippen LogP contribution >= 0.6 is 0 Å². The third kappa shape index (κ3) is 5.40. The van der Waals surface area contributed by atoms with Crippen LogP contribution < -0.4 is 10.4 Å². The Morgan fingerprint density at radius 3 is 2.22 bits per heavy atom. The molecule has 1 heterocycles. The lowest BCUT2D eigenvalue weighted by atomic mass is 10.1. The normalized spacial score (nSPS) is 13.4. The SMILES string of the molecule is Cn1c(C(F)(F)F)nn(-c2cc(O[C@@H](CF)C(F)F)c(C(=O)OC(C)(C)C)cc2F)c1=O. The van der Waals surface area contributed by atoms with Gasteiger partial charge in [0.2, 0.25) is 5.82 Å². The zero-order valence-corrected chi connectivity index (χ0v) is 17.1. The molecule has 0 bridgehead atoms. The van der Waals surface area contributed by atoms with Crippen molar-refractivity contribution in [1.82, 2.24) is 14.3 Å². The molecule has 0 unspecified atom stereocenters. The first-order chi connectivity index (χ1) is 14.6. The molecule has 0 aliphatic heterocycles. The van der Waals surface area contributed by atoms with Crippen LogP contribution in [0.2, 0.25) is 0 Å². The Morgan fingerprint density at radius 2 is 1.78 bits per heavy atom. The minimum Gasteiger partial charge on any atom is -0.481 e. The van der Waals surface area contributed by atoms with E-state index in [1.807, 2.05) is 0 Å². The smallest absolute Gasteiger partial charge is 0.451 e. The Bertz CT molecular complexity index is 1050. The molecule has 0 saturated carbocycles. The molecule has 1 aromatic heterocycles. The lowest BCUT2D eigenvalue weighted by Gasteiger charge is -2.22. The van der Waals surface area contributed by atoms with Crippen molar-refractivity contribution in [2.24, 2.45) is 7.05 Å². The van der Waals surface area contributed by atoms with Crippen LogP contribution in [-0.2, 0) is 18.0 Å². The van der Waals surface area contributed by atoms with Crippen LogP contribution in [0.4, 0.5) is 30.7 Å². The van der Waals surface area contributed by atoms with Crippen molar-refractivity contribution in [3.63, 3.8) is 0 Å². The lowest BCUT2D eigenvalue weighted by Crippen LogP contribution is -2.30. The van der Waals surface area contributed by atoms with Crippen LogP contribution in [0.1, 0.15) is 37.0 Å². The van der Waals surface area contributed by atoms with Gasteiger partial charge in [-0.1, -0.05) is 0 Å². The second-order valence-corrected chi connectivity index (χ2v) is 7.52. The van der Waals surface area contributed by atoms with E-state index < -0.39 is 71.3 Å². The van der Waals surface area contributed by atoms with E-state index in [4.69, 9.17) is 9.47 Å². The summed E-state index contributed by atoms with van der Waals surface area (Å²) in [5, 5.41) is 3.03. The van der Waals surface area contributed by atoms with Gasteiger partial charge in [-0.3, -0.25) is 4.57 Å². The molecule has 0 spiro atoms. The first-order valence-corrected chi connectivity index (χ1v) is 8.88. The molecule has 1 atom stereocenters. The number of rotatable bonds is 6. The topological polar surface area (TPSA) is 75.3 Å². The second-order valence-electron chi connectivity index (χ2n) is 7.52. The summed E-state index contributed by atoms with van der Waals surface area (Å²) in [5.74, 6) is -5.17. The summed E-state index contributed by atoms with van der Waals surface area (Å²) in [6, 6.07) is 0.905. The fourth-order valence-corrected chi connectivity index (χ4v) is 2.45. The van der Waals surface area contributed by atoms with Gasteiger partial charge in [0, 0.05) is 13.1 Å². The molecule has 0 aliphatic rings. The van der Waals surface area contributed by atoms with Crippen LogP contribution in [0, 0.1) is 5.82 Å². The number of carbonyl (C=O) groups excluding carboxylic acids is 1. The fourth-order valence-electron chi connectivity index (χ4n) is 2.45. The highest BCUT2D eigenvalue weighted by molar-refractivity contribution is 5.93. The predicted molar refractivity (Wildman–Crippen MR) is 95.3 cm³/mol. The molecular weight excluding hydrogens is 455 g/mol. The van der Waals surface area contributed by atoms with Gasteiger partial charge in [-0.25, -0.2) is 27.2 Å². The molecule has 0 fully saturated rings. The average molecular weight is 473 g/mol. The molecule has 0 amide bonds. The first-order valence-electron chi connectivity index (χ1n) is 8.88. The lowest BCUT2D eigenvalue weighted by molar-refractivity contribution is -0.147. The van der Waals surface area contributed by atoms with Crippen LogP contribution in [0.25, 0.3) is 5.69 Å². The third-order valence-electron chi connectivity index (χ3n) is 3.84. The fraction of sp³-hybridized carbons (Fsp3) is 0.500. The van der Waals surface area contributed by atoms with Gasteiger partial charge >= 0.3 is 17.8 Å². The largest absolute Gasteiger partial charge is 0.481 e. The van der Waals surface area contributed by atoms with E-state index in [9.17, 15) is 40.3 Å². The van der Waals surface area contributed by atoms with Gasteiger partial charge < -0.3 is 9.47 Å². The monoisotopic (exact) mass is 473 g/mol. The van der Waals surface area contributed by atoms with Crippen molar-refractivity contribution in [2.45, 2.75) is 45.1 Å². The number of aromatic nitrogens is 3. The van der Waals surface area contributed by atoms with E-state index in [1.54, 1.807) is 0 Å². The van der Waals surface area contributed by atoms with E-state index in [-0.39, 0.29) is 9.25 Å². The summed E-state index contributed by atoms with van der Waals surface area (Å²) >= 11 is 0. The van der Waals surface area contributed by atoms with Crippen molar-refractivity contribution >= 4 is 5.97 Å². The maximum Gasteiger partial charge on any atom is 0.451 e. The van der Waals surface area contributed by atoms with Crippen LogP contribution in [0.3, 0.4) is 0 Å². The average Bonchev–Trinajstić information content (AvgIpc) is 2.94. The van der Waals surface area contributed by atoms with Crippen molar-refractivity contribution in [3.8, 4) is 11.4 Å². The molecule has 0 N–H and O–H groups in total. The summed E-state index contributed by atoms with van der Waals surface area (Å²) in [5.41, 5.74) is -4.23. The maximum atomic E-state index is 14.7. The first kappa shape index (κ1) is 25.2. The highest BCUT2D eigenvalue weighted by Gasteiger charge is 2.39. The number of hydrogen-bond acceptors (Lipinski definition) is 5. The molecule has 0 aliphatic carbocycles. The van der Waals surface area contributed by atoms with Crippen molar-refractivity contribution in [2.75, 3.05) is 6.67 Å². The number of halogens is 7. The number of nitrogens with zero attached hydrogens (tertiary/aromatic N) is 3. The summed E-state index contributed by atoms with van der Waals surface area (Å²) in [6.07, 6.45) is -10.8. The number of carbonyl (C=O) groups is 1. The van der Waals surface area contributed by atoms with Crippen molar-refractivity contribution in [1.29, 1.82) is 0 Å². The Morgan fingerprint density at radius 1 is 1.19 bits per heavy atom. The molecule has 14 heteroatoms. The standard InChI is InChI=1S/C18H18F7N3O4/c1-17(2,3)32-14(29)8-5-9(20)10(6-11(8)31-12(7-19)13(21)22)28-16(30)27(4)15(26-28)18(23,24)25/h5-6,12-13H,7H2,1-4H3/t12-/m0/s1. The highest BCUT2D eigenvalue weighted by Crippen LogP contribution is 2.31. The van der Waals surface area contributed by atoms with Gasteiger partial charge in [0.25, 0.3) is 6.43 Å². The summed E-state index contributed by atoms with van der Waals surface area (Å²) in [7, 11) is 0.731. The molecule has 0 saturated heterocycles. The van der Waals surface area contributed by atoms with Crippen molar-refractivity contribution in [3.05, 3.63) is 39.8 Å². The minimum atomic E-state index is -5.07. The van der Waals surface area contributed by atoms with Gasteiger partial charge in [-0.05, 0) is 26.8 Å². The number of benzene rings is 1. The maximum absolute atomic E-state index is 14.7. The summed E-state index contributed by atoms with van der Waals surface area (Å²) < 4.78 is 103. The molecule has 2 rings (SSSR count). The quantitative estimate of drug-likeness (QED) is 0.473. The Kier molecular flexibility index (Phi) is 6.95. The molecule has 7 nitrogen and oxygen atoms in total. The van der Waals surface area contributed by atoms with Crippen molar-refractivity contribution < 1.29 is 45.0 Å². The van der Waals surface area contributed by atoms with Gasteiger partial charge in [-0.15, -0.1) is 5.10 Å². The number of alkyl halides is 6.